The highest BCUT2D eigenvalue weighted by Gasteiger charge is 2.22. The minimum atomic E-state index is -0.664. The van der Waals surface area contributed by atoms with Gasteiger partial charge in [0.1, 0.15) is 17.6 Å². The lowest BCUT2D eigenvalue weighted by Crippen LogP contribution is -2.15. The second-order valence-electron chi connectivity index (χ2n) is 4.72. The Morgan fingerprint density at radius 3 is 3.00 bits per heavy atom. The van der Waals surface area contributed by atoms with E-state index in [2.05, 4.69) is 10.3 Å². The molecule has 1 fully saturated rings. The first-order valence-corrected chi connectivity index (χ1v) is 6.25. The summed E-state index contributed by atoms with van der Waals surface area (Å²) in [6.45, 7) is 0.559. The van der Waals surface area contributed by atoms with E-state index in [1.807, 2.05) is 0 Å². The Hall–Kier alpha value is -2.28. The lowest BCUT2D eigenvalue weighted by molar-refractivity contribution is -0.384. The molecule has 0 saturated heterocycles. The molecule has 1 aromatic carbocycles. The number of rotatable bonds is 5. The molecule has 1 heterocycles. The molecule has 1 aromatic heterocycles. The van der Waals surface area contributed by atoms with E-state index in [1.54, 1.807) is 0 Å². The minimum Gasteiger partial charge on any atom is -0.444 e. The zero-order chi connectivity index (χ0) is 14.1. The molecular formula is C13H12FN3O3. The molecular weight excluding hydrogens is 265 g/mol. The van der Waals surface area contributed by atoms with Gasteiger partial charge in [-0.1, -0.05) is 0 Å². The largest absolute Gasteiger partial charge is 0.444 e. The lowest BCUT2D eigenvalue weighted by atomic mass is 10.2. The Bertz CT molecular complexity index is 652. The van der Waals surface area contributed by atoms with Crippen molar-refractivity contribution < 1.29 is 13.7 Å². The molecule has 1 aliphatic carbocycles. The fourth-order valence-corrected chi connectivity index (χ4v) is 1.88. The van der Waals surface area contributed by atoms with Crippen molar-refractivity contribution in [3.8, 4) is 11.5 Å². The van der Waals surface area contributed by atoms with Crippen LogP contribution in [0.3, 0.4) is 0 Å². The highest BCUT2D eigenvalue weighted by molar-refractivity contribution is 5.66. The number of aromatic nitrogens is 1. The third-order valence-corrected chi connectivity index (χ3v) is 3.09. The Balaban J connectivity index is 1.86. The number of benzene rings is 1. The van der Waals surface area contributed by atoms with Crippen LogP contribution in [0.1, 0.15) is 18.5 Å². The Kier molecular flexibility index (Phi) is 3.19. The molecule has 0 spiro atoms. The summed E-state index contributed by atoms with van der Waals surface area (Å²) in [4.78, 5) is 14.5. The van der Waals surface area contributed by atoms with Crippen LogP contribution in [0.25, 0.3) is 11.5 Å². The van der Waals surface area contributed by atoms with Crippen LogP contribution < -0.4 is 5.32 Å². The zero-order valence-electron chi connectivity index (χ0n) is 10.5. The number of nitro benzene ring substituents is 1. The second kappa shape index (κ2) is 5.01. The topological polar surface area (TPSA) is 81.2 Å². The average Bonchev–Trinajstić information content (AvgIpc) is 3.14. The highest BCUT2D eigenvalue weighted by atomic mass is 19.1. The van der Waals surface area contributed by atoms with Gasteiger partial charge in [-0.05, 0) is 25.0 Å². The predicted octanol–water partition coefficient (Wildman–Crippen LogP) is 2.64. The van der Waals surface area contributed by atoms with E-state index in [1.165, 1.54) is 12.3 Å². The third kappa shape index (κ3) is 2.67. The molecule has 1 saturated carbocycles. The summed E-state index contributed by atoms with van der Waals surface area (Å²) in [5.41, 5.74) is 0.494. The normalized spacial score (nSPS) is 14.4. The molecule has 3 rings (SSSR count). The fourth-order valence-electron chi connectivity index (χ4n) is 1.88. The van der Waals surface area contributed by atoms with Crippen LogP contribution in [0.5, 0.6) is 0 Å². The van der Waals surface area contributed by atoms with E-state index in [-0.39, 0.29) is 17.1 Å². The van der Waals surface area contributed by atoms with Crippen LogP contribution in [-0.4, -0.2) is 15.9 Å². The average molecular weight is 277 g/mol. The number of nitrogens with zero attached hydrogens (tertiary/aromatic N) is 2. The summed E-state index contributed by atoms with van der Waals surface area (Å²) in [5.74, 6) is -0.535. The standard InChI is InChI=1S/C13H12FN3O3/c14-8-1-4-11(12(5-8)17(18)19)13-16-10(7-20-13)6-15-9-2-3-9/h1,4-5,7,9,15H,2-3,6H2. The summed E-state index contributed by atoms with van der Waals surface area (Å²) < 4.78 is 18.3. The zero-order valence-corrected chi connectivity index (χ0v) is 10.5. The van der Waals surface area contributed by atoms with Crippen molar-refractivity contribution >= 4 is 5.69 Å². The molecule has 0 unspecified atom stereocenters. The summed E-state index contributed by atoms with van der Waals surface area (Å²) in [6, 6.07) is 3.85. The molecule has 0 radical (unpaired) electrons. The number of hydrogen-bond acceptors (Lipinski definition) is 5. The van der Waals surface area contributed by atoms with E-state index in [9.17, 15) is 14.5 Å². The van der Waals surface area contributed by atoms with E-state index in [0.717, 1.165) is 25.0 Å². The van der Waals surface area contributed by atoms with Crippen molar-refractivity contribution in [1.29, 1.82) is 0 Å². The summed E-state index contributed by atoms with van der Waals surface area (Å²) >= 11 is 0. The number of nitrogens with one attached hydrogen (secondary N) is 1. The van der Waals surface area contributed by atoms with Gasteiger partial charge in [0.05, 0.1) is 16.7 Å². The maximum atomic E-state index is 13.1. The van der Waals surface area contributed by atoms with Crippen molar-refractivity contribution in [3.63, 3.8) is 0 Å². The first-order valence-electron chi connectivity index (χ1n) is 6.25. The molecule has 0 atom stereocenters. The first kappa shape index (κ1) is 12.7. The van der Waals surface area contributed by atoms with Crippen LogP contribution in [0, 0.1) is 15.9 Å². The van der Waals surface area contributed by atoms with E-state index in [4.69, 9.17) is 4.42 Å². The van der Waals surface area contributed by atoms with E-state index < -0.39 is 10.7 Å². The molecule has 0 bridgehead atoms. The maximum absolute atomic E-state index is 13.1. The molecule has 0 aliphatic heterocycles. The van der Waals surface area contributed by atoms with Gasteiger partial charge in [0.25, 0.3) is 5.69 Å². The predicted molar refractivity (Wildman–Crippen MR) is 68.4 cm³/mol. The van der Waals surface area contributed by atoms with E-state index in [0.29, 0.717) is 18.3 Å². The van der Waals surface area contributed by atoms with Gasteiger partial charge < -0.3 is 9.73 Å². The Labute approximate surface area is 113 Å². The number of halogens is 1. The van der Waals surface area contributed by atoms with Gasteiger partial charge in [0.2, 0.25) is 5.89 Å². The molecule has 1 N–H and O–H groups in total. The third-order valence-electron chi connectivity index (χ3n) is 3.09. The van der Waals surface area contributed by atoms with Crippen molar-refractivity contribution in [2.45, 2.75) is 25.4 Å². The molecule has 104 valence electrons. The lowest BCUT2D eigenvalue weighted by Gasteiger charge is -1.99. The van der Waals surface area contributed by atoms with Crippen LogP contribution in [-0.2, 0) is 6.54 Å². The monoisotopic (exact) mass is 277 g/mol. The highest BCUT2D eigenvalue weighted by Crippen LogP contribution is 2.30. The van der Waals surface area contributed by atoms with Gasteiger partial charge >= 0.3 is 0 Å². The fraction of sp³-hybridized carbons (Fsp3) is 0.308. The van der Waals surface area contributed by atoms with E-state index >= 15 is 0 Å². The van der Waals surface area contributed by atoms with Crippen LogP contribution in [0.15, 0.2) is 28.9 Å². The quantitative estimate of drug-likeness (QED) is 0.671. The number of hydrogen-bond donors (Lipinski definition) is 1. The molecule has 6 nitrogen and oxygen atoms in total. The smallest absolute Gasteiger partial charge is 0.284 e. The molecule has 7 heteroatoms. The van der Waals surface area contributed by atoms with Crippen molar-refractivity contribution in [2.75, 3.05) is 0 Å². The van der Waals surface area contributed by atoms with Gasteiger partial charge in [-0.15, -0.1) is 0 Å². The van der Waals surface area contributed by atoms with Gasteiger partial charge in [-0.25, -0.2) is 9.37 Å². The van der Waals surface area contributed by atoms with Gasteiger partial charge in [-0.2, -0.15) is 0 Å². The van der Waals surface area contributed by atoms with Crippen LogP contribution in [0.4, 0.5) is 10.1 Å². The molecule has 20 heavy (non-hydrogen) atoms. The second-order valence-corrected chi connectivity index (χ2v) is 4.72. The molecule has 0 amide bonds. The Morgan fingerprint density at radius 1 is 1.50 bits per heavy atom. The Morgan fingerprint density at radius 2 is 2.30 bits per heavy atom. The van der Waals surface area contributed by atoms with Crippen molar-refractivity contribution in [2.24, 2.45) is 0 Å². The number of oxazole rings is 1. The van der Waals surface area contributed by atoms with Crippen LogP contribution in [0.2, 0.25) is 0 Å². The van der Waals surface area contributed by atoms with Crippen molar-refractivity contribution in [1.82, 2.24) is 10.3 Å². The summed E-state index contributed by atoms with van der Waals surface area (Å²) in [7, 11) is 0. The van der Waals surface area contributed by atoms with Crippen LogP contribution >= 0.6 is 0 Å². The summed E-state index contributed by atoms with van der Waals surface area (Å²) in [5, 5.41) is 14.2. The van der Waals surface area contributed by atoms with Gasteiger partial charge in [0.15, 0.2) is 0 Å². The SMILES string of the molecule is O=[N+]([O-])c1cc(F)ccc1-c1nc(CNC2CC2)co1. The maximum Gasteiger partial charge on any atom is 0.284 e. The first-order chi connectivity index (χ1) is 9.63. The van der Waals surface area contributed by atoms with Crippen molar-refractivity contribution in [3.05, 3.63) is 46.1 Å². The van der Waals surface area contributed by atoms with Gasteiger partial charge in [-0.3, -0.25) is 10.1 Å². The molecule has 1 aliphatic rings. The minimum absolute atomic E-state index is 0.129. The molecule has 2 aromatic rings. The summed E-state index contributed by atoms with van der Waals surface area (Å²) in [6.07, 6.45) is 3.78. The number of nitro groups is 1. The van der Waals surface area contributed by atoms with Gasteiger partial charge in [0, 0.05) is 12.6 Å².